The third-order valence-electron chi connectivity index (χ3n) is 2.77. The van der Waals surface area contributed by atoms with Gasteiger partial charge in [-0.2, -0.15) is 0 Å². The van der Waals surface area contributed by atoms with E-state index in [9.17, 15) is 4.79 Å². The van der Waals surface area contributed by atoms with Gasteiger partial charge in [-0.1, -0.05) is 0 Å². The van der Waals surface area contributed by atoms with Gasteiger partial charge in [0.1, 0.15) is 11.3 Å². The lowest BCUT2D eigenvalue weighted by Crippen LogP contribution is -2.19. The molecule has 0 aliphatic carbocycles. The Morgan fingerprint density at radius 2 is 2.28 bits per heavy atom. The first-order valence-electron chi connectivity index (χ1n) is 5.76. The van der Waals surface area contributed by atoms with Gasteiger partial charge in [0.15, 0.2) is 5.65 Å². The van der Waals surface area contributed by atoms with Crippen molar-refractivity contribution in [1.29, 1.82) is 0 Å². The van der Waals surface area contributed by atoms with E-state index in [1.807, 2.05) is 30.5 Å². The van der Waals surface area contributed by atoms with E-state index in [4.69, 9.17) is 17.3 Å². The largest absolute Gasteiger partial charge is 0.370 e. The van der Waals surface area contributed by atoms with Crippen molar-refractivity contribution in [3.05, 3.63) is 24.2 Å². The minimum Gasteiger partial charge on any atom is -0.370 e. The maximum Gasteiger partial charge on any atom is 0.219 e. The number of aromatic nitrogens is 3. The predicted octanol–water partition coefficient (Wildman–Crippen LogP) is 2.17. The van der Waals surface area contributed by atoms with Gasteiger partial charge in [0.2, 0.25) is 5.91 Å². The maximum atomic E-state index is 11.1. The summed E-state index contributed by atoms with van der Waals surface area (Å²) in [5.41, 5.74) is 6.75. The molecular formula is C12H15ClN4O. The Morgan fingerprint density at radius 3 is 2.89 bits per heavy atom. The number of amides is 1. The van der Waals surface area contributed by atoms with E-state index in [1.54, 1.807) is 6.20 Å². The molecule has 0 aromatic carbocycles. The molecule has 0 fully saturated rings. The second kappa shape index (κ2) is 4.94. The number of fused-ring (bicyclic) bond motifs is 1. The average molecular weight is 267 g/mol. The lowest BCUT2D eigenvalue weighted by Gasteiger charge is -2.16. The van der Waals surface area contributed by atoms with Gasteiger partial charge in [-0.05, 0) is 26.0 Å². The Kier molecular flexibility index (Phi) is 3.52. The van der Waals surface area contributed by atoms with Crippen LogP contribution in [-0.4, -0.2) is 20.4 Å². The van der Waals surface area contributed by atoms with E-state index in [0.717, 1.165) is 11.2 Å². The Bertz CT molecular complexity index is 578. The molecule has 2 N–H and O–H groups in total. The van der Waals surface area contributed by atoms with Crippen LogP contribution >= 0.6 is 11.6 Å². The fourth-order valence-electron chi connectivity index (χ4n) is 2.04. The third kappa shape index (κ3) is 2.31. The normalized spacial score (nSPS) is 14.6. The van der Waals surface area contributed by atoms with Crippen molar-refractivity contribution < 1.29 is 4.79 Å². The van der Waals surface area contributed by atoms with Crippen LogP contribution in [0.15, 0.2) is 18.3 Å². The number of nitrogens with two attached hydrogens (primary N) is 1. The number of rotatable bonds is 4. The van der Waals surface area contributed by atoms with E-state index in [-0.39, 0.29) is 23.7 Å². The van der Waals surface area contributed by atoms with Gasteiger partial charge in [-0.3, -0.25) is 4.79 Å². The van der Waals surface area contributed by atoms with Crippen molar-refractivity contribution in [3.63, 3.8) is 0 Å². The second-order valence-electron chi connectivity index (χ2n) is 4.32. The molecule has 6 heteroatoms. The summed E-state index contributed by atoms with van der Waals surface area (Å²) < 4.78 is 1.89. The van der Waals surface area contributed by atoms with E-state index in [1.165, 1.54) is 0 Å². The Morgan fingerprint density at radius 1 is 1.56 bits per heavy atom. The first-order chi connectivity index (χ1) is 8.50. The molecule has 2 heterocycles. The number of imidazole rings is 1. The van der Waals surface area contributed by atoms with Gasteiger partial charge < -0.3 is 10.3 Å². The third-order valence-corrected chi connectivity index (χ3v) is 2.96. The van der Waals surface area contributed by atoms with Crippen LogP contribution in [0.3, 0.4) is 0 Å². The molecule has 0 aliphatic rings. The number of carbonyl (C=O) groups excluding carboxylic acids is 1. The number of alkyl halides is 1. The van der Waals surface area contributed by atoms with E-state index in [0.29, 0.717) is 5.82 Å². The van der Waals surface area contributed by atoms with Crippen molar-refractivity contribution in [3.8, 4) is 0 Å². The summed E-state index contributed by atoms with van der Waals surface area (Å²) in [4.78, 5) is 19.8. The summed E-state index contributed by atoms with van der Waals surface area (Å²) in [6.07, 6.45) is 1.93. The van der Waals surface area contributed by atoms with Gasteiger partial charge in [0.25, 0.3) is 0 Å². The van der Waals surface area contributed by atoms with Gasteiger partial charge >= 0.3 is 0 Å². The van der Waals surface area contributed by atoms with E-state index in [2.05, 4.69) is 9.97 Å². The van der Waals surface area contributed by atoms with Crippen LogP contribution in [0.4, 0.5) is 0 Å². The first-order valence-corrected chi connectivity index (χ1v) is 6.19. The van der Waals surface area contributed by atoms with Crippen molar-refractivity contribution in [2.45, 2.75) is 31.7 Å². The minimum atomic E-state index is -0.353. The molecule has 0 saturated heterocycles. The van der Waals surface area contributed by atoms with Gasteiger partial charge in [0.05, 0.1) is 5.38 Å². The number of halogens is 1. The summed E-state index contributed by atoms with van der Waals surface area (Å²) in [5, 5.41) is -0.255. The molecule has 5 nitrogen and oxygen atoms in total. The lowest BCUT2D eigenvalue weighted by atomic mass is 10.2. The van der Waals surface area contributed by atoms with Crippen molar-refractivity contribution >= 4 is 28.7 Å². The van der Waals surface area contributed by atoms with Gasteiger partial charge in [-0.25, -0.2) is 9.97 Å². The van der Waals surface area contributed by atoms with Crippen LogP contribution in [0.25, 0.3) is 11.2 Å². The topological polar surface area (TPSA) is 73.8 Å². The Hall–Kier alpha value is -1.62. The standard InChI is InChI=1S/C12H15ClN4O/c1-7(6-10(14)18)17-11(8(2)13)16-9-4-3-5-15-12(9)17/h3-5,7-8H,6H2,1-2H3,(H2,14,18). The maximum absolute atomic E-state index is 11.1. The highest BCUT2D eigenvalue weighted by Crippen LogP contribution is 2.27. The molecule has 96 valence electrons. The lowest BCUT2D eigenvalue weighted by molar-refractivity contribution is -0.118. The summed E-state index contributed by atoms with van der Waals surface area (Å²) in [7, 11) is 0. The zero-order valence-electron chi connectivity index (χ0n) is 10.3. The van der Waals surface area contributed by atoms with Crippen LogP contribution < -0.4 is 5.73 Å². The number of primary amides is 1. The van der Waals surface area contributed by atoms with Crippen LogP contribution in [0.1, 0.15) is 37.5 Å². The highest BCUT2D eigenvalue weighted by atomic mass is 35.5. The van der Waals surface area contributed by atoms with Crippen LogP contribution in [0.5, 0.6) is 0 Å². The molecule has 2 aromatic rings. The SMILES string of the molecule is CC(Cl)c1nc2cccnc2n1C(C)CC(N)=O. The molecule has 0 radical (unpaired) electrons. The summed E-state index contributed by atoms with van der Waals surface area (Å²) in [6.45, 7) is 3.75. The van der Waals surface area contributed by atoms with Crippen LogP contribution in [-0.2, 0) is 4.79 Å². The molecular weight excluding hydrogens is 252 g/mol. The van der Waals surface area contributed by atoms with E-state index >= 15 is 0 Å². The number of carbonyl (C=O) groups is 1. The van der Waals surface area contributed by atoms with Crippen LogP contribution in [0, 0.1) is 0 Å². The fourth-order valence-corrected chi connectivity index (χ4v) is 2.20. The molecule has 0 bridgehead atoms. The molecule has 1 amide bonds. The quantitative estimate of drug-likeness (QED) is 0.862. The predicted molar refractivity (Wildman–Crippen MR) is 70.3 cm³/mol. The summed E-state index contributed by atoms with van der Waals surface area (Å²) in [5.74, 6) is 0.354. The zero-order chi connectivity index (χ0) is 13.3. The van der Waals surface area contributed by atoms with Crippen molar-refractivity contribution in [2.75, 3.05) is 0 Å². The molecule has 0 aliphatic heterocycles. The molecule has 2 unspecified atom stereocenters. The average Bonchev–Trinajstić information content (AvgIpc) is 2.67. The summed E-state index contributed by atoms with van der Waals surface area (Å²) >= 11 is 6.13. The number of pyridine rings is 1. The van der Waals surface area contributed by atoms with Crippen molar-refractivity contribution in [2.24, 2.45) is 5.73 Å². The van der Waals surface area contributed by atoms with Gasteiger partial charge in [0, 0.05) is 18.7 Å². The molecule has 2 aromatic heterocycles. The highest BCUT2D eigenvalue weighted by molar-refractivity contribution is 6.20. The molecule has 0 saturated carbocycles. The molecule has 0 spiro atoms. The zero-order valence-corrected chi connectivity index (χ0v) is 11.1. The first kappa shape index (κ1) is 12.8. The number of hydrogen-bond donors (Lipinski definition) is 1. The second-order valence-corrected chi connectivity index (χ2v) is 4.98. The highest BCUT2D eigenvalue weighted by Gasteiger charge is 2.20. The summed E-state index contributed by atoms with van der Waals surface area (Å²) in [6, 6.07) is 3.58. The van der Waals surface area contributed by atoms with Crippen molar-refractivity contribution in [1.82, 2.24) is 14.5 Å². The Labute approximate surface area is 110 Å². The number of nitrogens with zero attached hydrogens (tertiary/aromatic N) is 3. The molecule has 18 heavy (non-hydrogen) atoms. The minimum absolute atomic E-state index is 0.112. The number of hydrogen-bond acceptors (Lipinski definition) is 3. The molecule has 2 rings (SSSR count). The molecule has 2 atom stereocenters. The van der Waals surface area contributed by atoms with Gasteiger partial charge in [-0.15, -0.1) is 11.6 Å². The van der Waals surface area contributed by atoms with Crippen LogP contribution in [0.2, 0.25) is 0 Å². The smallest absolute Gasteiger partial charge is 0.219 e. The Balaban J connectivity index is 2.58. The fraction of sp³-hybridized carbons (Fsp3) is 0.417. The van der Waals surface area contributed by atoms with E-state index < -0.39 is 0 Å². The monoisotopic (exact) mass is 266 g/mol.